The molecule has 0 radical (unpaired) electrons. The van der Waals surface area contributed by atoms with Crippen LogP contribution in [0.25, 0.3) is 56.3 Å². The molecule has 88 heavy (non-hydrogen) atoms. The number of nitrogens with zero attached hydrogens (tertiary/aromatic N) is 5. The second-order valence-corrected chi connectivity index (χ2v) is 23.7. The second-order valence-electron chi connectivity index (χ2n) is 23.7. The maximum Gasteiger partial charge on any atom is 0.216 e. The van der Waals surface area contributed by atoms with Gasteiger partial charge in [0.25, 0.3) is 0 Å². The van der Waals surface area contributed by atoms with Crippen LogP contribution in [-0.2, 0) is 60.9 Å². The van der Waals surface area contributed by atoms with Crippen molar-refractivity contribution in [1.82, 2.24) is 0 Å². The Kier molecular flexibility index (Phi) is 15.0. The van der Waals surface area contributed by atoms with Gasteiger partial charge in [0.2, 0.25) is 28.5 Å². The van der Waals surface area contributed by atoms with Gasteiger partial charge in [-0.05, 0) is 206 Å². The highest BCUT2D eigenvalue weighted by atomic mass is 15.0. The third kappa shape index (κ3) is 14.9. The molecular weight excluding hydrogens is 1070 g/mol. The summed E-state index contributed by atoms with van der Waals surface area (Å²) in [4.78, 5) is 0. The first-order chi connectivity index (χ1) is 49.7. The summed E-state index contributed by atoms with van der Waals surface area (Å²) in [5.74, 6) is -2.03. The van der Waals surface area contributed by atoms with Gasteiger partial charge in [-0.3, -0.25) is 0 Å². The van der Waals surface area contributed by atoms with Crippen molar-refractivity contribution in [2.45, 2.75) is 154 Å². The normalized spacial score (nSPS) is 16.9. The van der Waals surface area contributed by atoms with Crippen LogP contribution in [-0.4, -0.2) is 0 Å². The van der Waals surface area contributed by atoms with Gasteiger partial charge < -0.3 is 0 Å². The van der Waals surface area contributed by atoms with Crippen molar-refractivity contribution in [3.8, 4) is 56.3 Å². The predicted molar refractivity (Wildman–Crippen MR) is 369 cm³/mol. The lowest BCUT2D eigenvalue weighted by Crippen LogP contribution is -2.37. The van der Waals surface area contributed by atoms with E-state index in [1.54, 1.807) is 62.5 Å². The van der Waals surface area contributed by atoms with E-state index >= 15 is 0 Å². The SMILES string of the molecule is Cc1ccccc1-c1c2c(cc[n+]1C)CCCC2.Cc1ccccc1-c1cc2c(c[n+]1C)CCCC2.[2H]C([2H])([2H])c1c(C([2H])(C)C([2H])([2H])[2H])ccc(-c2ccccc2C)[n+]1C.[2H]C([2H])([2H])c1c(C)c(C)c(-c2ccccc2C)[n+](C)c1C([2H])([2H])[2H].[2H]C([2H])([2H])c1ccc(-c2ccccc2C)[n+](C)c1C([2H])([2H])[2H]. The number of fused-ring (bicyclic) bond motifs is 2. The van der Waals surface area contributed by atoms with Gasteiger partial charge in [-0.25, -0.2) is 9.13 Å². The zero-order chi connectivity index (χ0) is 79.4. The molecule has 5 heterocycles. The lowest BCUT2D eigenvalue weighted by atomic mass is 9.88. The summed E-state index contributed by atoms with van der Waals surface area (Å²) in [5.41, 5.74) is 22.9. The van der Waals surface area contributed by atoms with E-state index in [9.17, 15) is 0 Å². The van der Waals surface area contributed by atoms with Crippen molar-refractivity contribution in [3.63, 3.8) is 0 Å². The van der Waals surface area contributed by atoms with Gasteiger partial charge in [0.15, 0.2) is 29.5 Å². The minimum absolute atomic E-state index is 0.00710. The average Bonchev–Trinajstić information content (AvgIpc) is 0.745. The number of aryl methyl sites for hydroxylation is 11. The predicted octanol–water partition coefficient (Wildman–Crippen LogP) is 17.5. The fourth-order valence-electron chi connectivity index (χ4n) is 12.2. The first-order valence-corrected chi connectivity index (χ1v) is 30.7. The summed E-state index contributed by atoms with van der Waals surface area (Å²) in [6, 6.07) is 51.1. The first-order valence-electron chi connectivity index (χ1n) is 40.2. The van der Waals surface area contributed by atoms with Crippen LogP contribution in [0.2, 0.25) is 0 Å². The highest BCUT2D eigenvalue weighted by Gasteiger charge is 2.26. The molecular formula is C83H102N5+5. The quantitative estimate of drug-likeness (QED) is 0.148. The molecule has 0 N–H and O–H groups in total. The molecule has 0 fully saturated rings. The summed E-state index contributed by atoms with van der Waals surface area (Å²) in [6.45, 7) is -0.194. The van der Waals surface area contributed by atoms with E-state index < -0.39 is 47.0 Å². The van der Waals surface area contributed by atoms with Crippen molar-refractivity contribution >= 4 is 0 Å². The largest absolute Gasteiger partial charge is 0.216 e. The zero-order valence-electron chi connectivity index (χ0n) is 73.1. The summed E-state index contributed by atoms with van der Waals surface area (Å²) < 4.78 is 157. The van der Waals surface area contributed by atoms with Crippen LogP contribution >= 0.6 is 0 Å². The number of pyridine rings is 5. The van der Waals surface area contributed by atoms with Crippen LogP contribution in [0.5, 0.6) is 0 Å². The Morgan fingerprint density at radius 1 is 0.375 bits per heavy atom. The maximum absolute atomic E-state index is 8.33. The number of hydrogen-bond acceptors (Lipinski definition) is 0. The molecule has 5 heteroatoms. The van der Waals surface area contributed by atoms with Gasteiger partial charge in [0.05, 0.1) is 0 Å². The minimum Gasteiger partial charge on any atom is -0.201 e. The molecule has 1 unspecified atom stereocenters. The zero-order valence-corrected chi connectivity index (χ0v) is 54.1. The molecule has 5 aromatic heterocycles. The minimum atomic E-state index is -2.65. The van der Waals surface area contributed by atoms with Crippen molar-refractivity contribution in [2.24, 2.45) is 35.2 Å². The molecule has 0 saturated heterocycles. The lowest BCUT2D eigenvalue weighted by Gasteiger charge is -2.17. The molecule has 0 aliphatic heterocycles. The molecule has 0 amide bonds. The molecule has 12 rings (SSSR count). The summed E-state index contributed by atoms with van der Waals surface area (Å²) in [7, 11) is 9.15. The third-order valence-electron chi connectivity index (χ3n) is 17.6. The number of hydrogen-bond donors (Lipinski definition) is 0. The molecule has 2 aliphatic carbocycles. The van der Waals surface area contributed by atoms with Gasteiger partial charge in [-0.2, -0.15) is 13.7 Å². The lowest BCUT2D eigenvalue weighted by molar-refractivity contribution is -0.667. The Morgan fingerprint density at radius 3 is 1.35 bits per heavy atom. The molecule has 1 atom stereocenters. The molecule has 10 aromatic rings. The fourth-order valence-corrected chi connectivity index (χ4v) is 12.2. The van der Waals surface area contributed by atoms with Crippen molar-refractivity contribution < 1.29 is 48.9 Å². The molecule has 0 spiro atoms. The molecule has 0 saturated carbocycles. The molecule has 2 aliphatic rings. The molecule has 454 valence electrons. The van der Waals surface area contributed by atoms with Crippen LogP contribution < -0.4 is 22.8 Å². The van der Waals surface area contributed by atoms with Crippen LogP contribution in [0.1, 0.15) is 166 Å². The van der Waals surface area contributed by atoms with E-state index in [0.29, 0.717) is 17.0 Å². The Hall–Kier alpha value is -8.15. The molecule has 5 aromatic carbocycles. The van der Waals surface area contributed by atoms with Crippen molar-refractivity contribution in [1.29, 1.82) is 0 Å². The first kappa shape index (κ1) is 44.3. The van der Waals surface area contributed by atoms with E-state index in [4.69, 9.17) is 26.0 Å². The van der Waals surface area contributed by atoms with Gasteiger partial charge in [0.1, 0.15) is 35.2 Å². The van der Waals surface area contributed by atoms with Crippen molar-refractivity contribution in [3.05, 3.63) is 265 Å². The van der Waals surface area contributed by atoms with E-state index in [0.717, 1.165) is 44.6 Å². The van der Waals surface area contributed by atoms with Gasteiger partial charge in [-0.15, -0.1) is 0 Å². The van der Waals surface area contributed by atoms with Crippen molar-refractivity contribution in [2.75, 3.05) is 0 Å². The second kappa shape index (κ2) is 29.7. The maximum atomic E-state index is 8.33. The van der Waals surface area contributed by atoms with E-state index in [2.05, 4.69) is 110 Å². The van der Waals surface area contributed by atoms with E-state index in [1.165, 1.54) is 118 Å². The Morgan fingerprint density at radius 2 is 0.841 bits per heavy atom. The van der Waals surface area contributed by atoms with E-state index in [-0.39, 0.29) is 33.8 Å². The Balaban J connectivity index is 0.000000170. The van der Waals surface area contributed by atoms with Gasteiger partial charge in [0, 0.05) is 132 Å². The average molecular weight is 1190 g/mol. The molecule has 0 bridgehead atoms. The monoisotopic (exact) mass is 1190 g/mol. The van der Waals surface area contributed by atoms with Crippen LogP contribution in [0.3, 0.4) is 0 Å². The van der Waals surface area contributed by atoms with Gasteiger partial charge in [-0.1, -0.05) is 105 Å². The molecule has 5 nitrogen and oxygen atoms in total. The highest BCUT2D eigenvalue weighted by molar-refractivity contribution is 5.68. The topological polar surface area (TPSA) is 19.4 Å². The summed E-state index contributed by atoms with van der Waals surface area (Å²) in [5, 5.41) is 0. The number of rotatable bonds is 6. The third-order valence-corrected chi connectivity index (χ3v) is 17.6. The Bertz CT molecular complexity index is 4860. The number of aromatic nitrogens is 5. The highest BCUT2D eigenvalue weighted by Crippen LogP contribution is 2.32. The van der Waals surface area contributed by atoms with Crippen LogP contribution in [0, 0.1) is 82.7 Å². The fraction of sp³-hybridized carbons (Fsp3) is 0.337. The Labute approximate surface area is 557 Å². The summed E-state index contributed by atoms with van der Waals surface area (Å²) in [6.07, 6.45) is 14.9. The van der Waals surface area contributed by atoms with Crippen LogP contribution in [0.4, 0.5) is 0 Å². The smallest absolute Gasteiger partial charge is 0.201 e. The number of benzene rings is 5. The van der Waals surface area contributed by atoms with Crippen LogP contribution in [0.15, 0.2) is 170 Å². The summed E-state index contributed by atoms with van der Waals surface area (Å²) >= 11 is 0. The van der Waals surface area contributed by atoms with Gasteiger partial charge >= 0.3 is 0 Å². The standard InChI is InChI=1S/2C17H20N.2C17H22N.C15H18N/c1-13-7-3-6-10-16(13)17-11-14-8-4-5-9-15(14)12-18(17)2;1-13-7-3-5-9-15(13)17-16-10-6-4-8-14(16)11-12-18(17)2;1-11-9-7-8-10-16(11)17-14(4)12(2)13(3)15(5)18(17)6;1-12(2)15-10-11-17(18(5)14(15)4)16-9-7-6-8-13(16)3;1-11-9-10-15(16(4)13(11)3)14-8-6-5-7-12(14)2/h3,6-7,10-12H,4-5,8-9H2,1-2H3;3,5,7,9,11-12H,4,6,8,10H2,1-2H3;7-10H,1-6H3;6-12H,1-5H3;5-10H,1-4H3/q5*+1/i;;3D3,5D3;1D3,4D3,12D;1D3,3D3. The van der Waals surface area contributed by atoms with E-state index in [1.807, 2.05) is 100 Å².